The largest absolute Gasteiger partial charge is 0.397 e. The number of amides is 1. The summed E-state index contributed by atoms with van der Waals surface area (Å²) in [5.41, 5.74) is 9.48. The predicted octanol–water partition coefficient (Wildman–Crippen LogP) is 1.89. The first-order valence-electron chi connectivity index (χ1n) is 6.92. The third-order valence-corrected chi connectivity index (χ3v) is 3.66. The first-order chi connectivity index (χ1) is 9.09. The van der Waals surface area contributed by atoms with Crippen LogP contribution in [0.1, 0.15) is 24.8 Å². The quantitative estimate of drug-likeness (QED) is 0.842. The fourth-order valence-electron chi connectivity index (χ4n) is 2.64. The van der Waals surface area contributed by atoms with E-state index in [1.807, 2.05) is 12.1 Å². The topological polar surface area (TPSA) is 49.6 Å². The zero-order valence-electron chi connectivity index (χ0n) is 11.9. The molecule has 104 valence electrons. The first-order valence-corrected chi connectivity index (χ1v) is 6.92. The van der Waals surface area contributed by atoms with Gasteiger partial charge in [0.05, 0.1) is 11.4 Å². The highest BCUT2D eigenvalue weighted by molar-refractivity contribution is 5.76. The van der Waals surface area contributed by atoms with Crippen molar-refractivity contribution >= 4 is 17.3 Å². The lowest BCUT2D eigenvalue weighted by atomic mass is 10.00. The van der Waals surface area contributed by atoms with Gasteiger partial charge >= 0.3 is 0 Å². The number of benzene rings is 1. The number of rotatable bonds is 4. The molecule has 1 amide bonds. The van der Waals surface area contributed by atoms with Crippen molar-refractivity contribution in [2.75, 3.05) is 37.8 Å². The monoisotopic (exact) mass is 261 g/mol. The number of para-hydroxylation sites is 1. The van der Waals surface area contributed by atoms with E-state index in [0.717, 1.165) is 38.0 Å². The Morgan fingerprint density at radius 3 is 2.95 bits per heavy atom. The summed E-state index contributed by atoms with van der Waals surface area (Å²) in [6.07, 6.45) is 3.75. The molecule has 0 spiro atoms. The highest BCUT2D eigenvalue weighted by Crippen LogP contribution is 2.32. The molecule has 1 aliphatic heterocycles. The van der Waals surface area contributed by atoms with Crippen molar-refractivity contribution in [1.82, 2.24) is 4.90 Å². The second kappa shape index (κ2) is 5.95. The van der Waals surface area contributed by atoms with E-state index in [0.29, 0.717) is 6.42 Å². The maximum absolute atomic E-state index is 11.6. The Balaban J connectivity index is 1.98. The zero-order chi connectivity index (χ0) is 13.8. The van der Waals surface area contributed by atoms with E-state index in [2.05, 4.69) is 11.0 Å². The summed E-state index contributed by atoms with van der Waals surface area (Å²) in [4.78, 5) is 15.6. The second-order valence-electron chi connectivity index (χ2n) is 5.34. The Labute approximate surface area is 115 Å². The molecule has 0 saturated carbocycles. The van der Waals surface area contributed by atoms with Gasteiger partial charge in [-0.1, -0.05) is 12.1 Å². The van der Waals surface area contributed by atoms with Crippen LogP contribution in [0.25, 0.3) is 0 Å². The summed E-state index contributed by atoms with van der Waals surface area (Å²) < 4.78 is 0. The number of nitrogens with zero attached hydrogens (tertiary/aromatic N) is 2. The summed E-state index contributed by atoms with van der Waals surface area (Å²) in [7, 11) is 3.60. The summed E-state index contributed by atoms with van der Waals surface area (Å²) in [6, 6.07) is 6.14. The van der Waals surface area contributed by atoms with Gasteiger partial charge in [-0.2, -0.15) is 0 Å². The fourth-order valence-corrected chi connectivity index (χ4v) is 2.64. The molecule has 0 fully saturated rings. The lowest BCUT2D eigenvalue weighted by Gasteiger charge is -2.32. The average Bonchev–Trinajstić information content (AvgIpc) is 2.38. The fraction of sp³-hybridized carbons (Fsp3) is 0.533. The third-order valence-electron chi connectivity index (χ3n) is 3.66. The summed E-state index contributed by atoms with van der Waals surface area (Å²) in [6.45, 7) is 1.94. The van der Waals surface area contributed by atoms with Crippen LogP contribution in [0.3, 0.4) is 0 Å². The molecular weight excluding hydrogens is 238 g/mol. The molecule has 4 heteroatoms. The van der Waals surface area contributed by atoms with Gasteiger partial charge in [-0.15, -0.1) is 0 Å². The number of aryl methyl sites for hydroxylation is 1. The normalized spacial score (nSPS) is 14.1. The van der Waals surface area contributed by atoms with Gasteiger partial charge in [-0.3, -0.25) is 4.79 Å². The minimum Gasteiger partial charge on any atom is -0.397 e. The van der Waals surface area contributed by atoms with E-state index in [1.54, 1.807) is 19.0 Å². The maximum atomic E-state index is 11.6. The van der Waals surface area contributed by atoms with E-state index in [4.69, 9.17) is 5.73 Å². The van der Waals surface area contributed by atoms with E-state index < -0.39 is 0 Å². The molecule has 2 N–H and O–H groups in total. The van der Waals surface area contributed by atoms with E-state index in [1.165, 1.54) is 11.3 Å². The zero-order valence-corrected chi connectivity index (χ0v) is 11.9. The van der Waals surface area contributed by atoms with Gasteiger partial charge in [-0.25, -0.2) is 0 Å². The van der Waals surface area contributed by atoms with Crippen LogP contribution >= 0.6 is 0 Å². The number of hydrogen-bond donors (Lipinski definition) is 1. The number of carbonyl (C=O) groups excluding carboxylic acids is 1. The molecule has 1 heterocycles. The minimum atomic E-state index is 0.193. The van der Waals surface area contributed by atoms with Crippen LogP contribution in [-0.4, -0.2) is 38.0 Å². The van der Waals surface area contributed by atoms with Crippen LogP contribution in [0.2, 0.25) is 0 Å². The van der Waals surface area contributed by atoms with Gasteiger partial charge in [0.2, 0.25) is 5.91 Å². The average molecular weight is 261 g/mol. The highest BCUT2D eigenvalue weighted by atomic mass is 16.2. The first kappa shape index (κ1) is 13.7. The molecule has 2 rings (SSSR count). The van der Waals surface area contributed by atoms with Gasteiger partial charge in [0.25, 0.3) is 0 Å². The van der Waals surface area contributed by atoms with Gasteiger partial charge in [0, 0.05) is 33.6 Å². The van der Waals surface area contributed by atoms with E-state index in [-0.39, 0.29) is 5.91 Å². The molecule has 1 aromatic rings. The Bertz CT molecular complexity index is 457. The smallest absolute Gasteiger partial charge is 0.222 e. The Morgan fingerprint density at radius 2 is 2.21 bits per heavy atom. The van der Waals surface area contributed by atoms with Crippen molar-refractivity contribution in [2.45, 2.75) is 25.7 Å². The summed E-state index contributed by atoms with van der Waals surface area (Å²) >= 11 is 0. The molecule has 0 aliphatic carbocycles. The lowest BCUT2D eigenvalue weighted by Crippen LogP contribution is -2.32. The van der Waals surface area contributed by atoms with Crippen LogP contribution in [0.15, 0.2) is 18.2 Å². The van der Waals surface area contributed by atoms with Crippen molar-refractivity contribution in [2.24, 2.45) is 0 Å². The molecule has 0 unspecified atom stereocenters. The summed E-state index contributed by atoms with van der Waals surface area (Å²) in [5.74, 6) is 0.193. The van der Waals surface area contributed by atoms with Crippen LogP contribution in [0, 0.1) is 0 Å². The Kier molecular flexibility index (Phi) is 4.30. The maximum Gasteiger partial charge on any atom is 0.222 e. The molecule has 19 heavy (non-hydrogen) atoms. The van der Waals surface area contributed by atoms with Crippen LogP contribution in [0.5, 0.6) is 0 Å². The van der Waals surface area contributed by atoms with Gasteiger partial charge in [0.1, 0.15) is 0 Å². The van der Waals surface area contributed by atoms with Crippen LogP contribution < -0.4 is 10.6 Å². The van der Waals surface area contributed by atoms with E-state index >= 15 is 0 Å². The standard InChI is InChI=1S/C15H23N3O/c1-17(2)14(19)9-5-11-18-10-4-7-12-6-3-8-13(16)15(12)18/h3,6,8H,4-5,7,9-11,16H2,1-2H3. The van der Waals surface area contributed by atoms with Gasteiger partial charge < -0.3 is 15.5 Å². The lowest BCUT2D eigenvalue weighted by molar-refractivity contribution is -0.128. The van der Waals surface area contributed by atoms with Crippen molar-refractivity contribution in [3.8, 4) is 0 Å². The van der Waals surface area contributed by atoms with Crippen molar-refractivity contribution in [3.05, 3.63) is 23.8 Å². The predicted molar refractivity (Wildman–Crippen MR) is 79.3 cm³/mol. The number of nitrogen functional groups attached to an aromatic ring is 1. The number of carbonyl (C=O) groups is 1. The molecule has 0 atom stereocenters. The molecule has 0 aromatic heterocycles. The van der Waals surface area contributed by atoms with Crippen molar-refractivity contribution in [3.63, 3.8) is 0 Å². The van der Waals surface area contributed by atoms with Crippen LogP contribution in [0.4, 0.5) is 11.4 Å². The van der Waals surface area contributed by atoms with Crippen molar-refractivity contribution in [1.29, 1.82) is 0 Å². The highest BCUT2D eigenvalue weighted by Gasteiger charge is 2.18. The SMILES string of the molecule is CN(C)C(=O)CCCN1CCCc2cccc(N)c21. The van der Waals surface area contributed by atoms with Crippen LogP contribution in [-0.2, 0) is 11.2 Å². The third kappa shape index (κ3) is 3.19. The molecule has 1 aliphatic rings. The molecule has 0 bridgehead atoms. The second-order valence-corrected chi connectivity index (χ2v) is 5.34. The Morgan fingerprint density at radius 1 is 1.42 bits per heavy atom. The number of fused-ring (bicyclic) bond motifs is 1. The number of nitrogens with two attached hydrogens (primary N) is 1. The van der Waals surface area contributed by atoms with E-state index in [9.17, 15) is 4.79 Å². The summed E-state index contributed by atoms with van der Waals surface area (Å²) in [5, 5.41) is 0. The Hall–Kier alpha value is -1.71. The number of hydrogen-bond acceptors (Lipinski definition) is 3. The minimum absolute atomic E-state index is 0.193. The molecule has 0 saturated heterocycles. The van der Waals surface area contributed by atoms with Gasteiger partial charge in [-0.05, 0) is 30.9 Å². The molecule has 0 radical (unpaired) electrons. The molecule has 1 aromatic carbocycles. The molecule has 4 nitrogen and oxygen atoms in total. The molecular formula is C15H23N3O. The van der Waals surface area contributed by atoms with Gasteiger partial charge in [0.15, 0.2) is 0 Å². The number of anilines is 2. The van der Waals surface area contributed by atoms with Crippen molar-refractivity contribution < 1.29 is 4.79 Å².